The van der Waals surface area contributed by atoms with Crippen molar-refractivity contribution >= 4 is 18.4 Å². The van der Waals surface area contributed by atoms with Gasteiger partial charge in [-0.1, -0.05) is 75.9 Å². The molecule has 0 heterocycles. The van der Waals surface area contributed by atoms with Crippen LogP contribution in [0.4, 0.5) is 4.79 Å². The first-order chi connectivity index (χ1) is 17.1. The van der Waals surface area contributed by atoms with Crippen molar-refractivity contribution in [2.45, 2.75) is 67.0 Å². The molecule has 0 unspecified atom stereocenters. The van der Waals surface area contributed by atoms with Gasteiger partial charge in [-0.2, -0.15) is 0 Å². The Hall–Kier alpha value is -3.39. The molecule has 1 aromatic rings. The van der Waals surface area contributed by atoms with E-state index in [-0.39, 0.29) is 6.61 Å². The number of primary amides is 1. The summed E-state index contributed by atoms with van der Waals surface area (Å²) < 4.78 is 4.57. The molecule has 0 aliphatic rings. The quantitative estimate of drug-likeness (QED) is 0.203. The number of aliphatic imine (C=N–C) groups is 1. The van der Waals surface area contributed by atoms with Crippen molar-refractivity contribution in [3.63, 3.8) is 0 Å². The second kappa shape index (κ2) is 31.6. The van der Waals surface area contributed by atoms with Crippen molar-refractivity contribution in [2.75, 3.05) is 20.6 Å². The van der Waals surface area contributed by atoms with Crippen molar-refractivity contribution < 1.29 is 19.4 Å². The number of nitrogens with zero attached hydrogens (tertiary/aromatic N) is 2. The molecule has 36 heavy (non-hydrogen) atoms. The lowest BCUT2D eigenvalue weighted by Crippen LogP contribution is -2.40. The van der Waals surface area contributed by atoms with Crippen LogP contribution in [0.3, 0.4) is 0 Å². The Labute approximate surface area is 219 Å². The molecular formula is C28H50N4O4. The first-order valence-electron chi connectivity index (χ1n) is 12.0. The van der Waals surface area contributed by atoms with E-state index in [1.165, 1.54) is 6.34 Å². The minimum Gasteiger partial charge on any atom is -0.480 e. The first kappa shape index (κ1) is 39.8. The van der Waals surface area contributed by atoms with Gasteiger partial charge in [0.25, 0.3) is 0 Å². The Balaban J connectivity index is -0.000000220. The minimum atomic E-state index is -0.827. The van der Waals surface area contributed by atoms with Gasteiger partial charge in [0.2, 0.25) is 0 Å². The van der Waals surface area contributed by atoms with Crippen molar-refractivity contribution in [1.29, 1.82) is 0 Å². The number of hydrogen-bond donors (Lipinski definition) is 3. The van der Waals surface area contributed by atoms with Crippen molar-refractivity contribution in [2.24, 2.45) is 10.7 Å². The van der Waals surface area contributed by atoms with E-state index in [1.807, 2.05) is 96.0 Å². The van der Waals surface area contributed by atoms with Gasteiger partial charge in [0.05, 0.1) is 6.34 Å². The highest BCUT2D eigenvalue weighted by Gasteiger charge is 2.22. The van der Waals surface area contributed by atoms with Gasteiger partial charge in [0.1, 0.15) is 12.6 Å². The van der Waals surface area contributed by atoms with Crippen LogP contribution in [-0.2, 0) is 16.1 Å². The fraction of sp³-hybridized carbons (Fsp3) is 0.464. The molecule has 0 aromatic heterocycles. The smallest absolute Gasteiger partial charge is 0.404 e. The van der Waals surface area contributed by atoms with Gasteiger partial charge < -0.3 is 20.9 Å². The molecule has 1 rings (SSSR count). The van der Waals surface area contributed by atoms with Crippen LogP contribution in [0, 0.1) is 0 Å². The topological polar surface area (TPSA) is 117 Å². The lowest BCUT2D eigenvalue weighted by molar-refractivity contribution is -0.142. The van der Waals surface area contributed by atoms with E-state index >= 15 is 0 Å². The number of carboxylic acids is 1. The number of carbonyl (C=O) groups is 2. The number of nitrogens with one attached hydrogen (secondary N) is 1. The lowest BCUT2D eigenvalue weighted by Gasteiger charge is -2.24. The molecule has 1 aromatic carbocycles. The van der Waals surface area contributed by atoms with Crippen LogP contribution < -0.4 is 11.1 Å². The number of ether oxygens (including phenoxy) is 1. The van der Waals surface area contributed by atoms with E-state index in [9.17, 15) is 9.59 Å². The maximum Gasteiger partial charge on any atom is 0.404 e. The molecule has 8 heteroatoms. The third-order valence-corrected chi connectivity index (χ3v) is 3.79. The molecule has 0 aliphatic carbocycles. The fourth-order valence-electron chi connectivity index (χ4n) is 2.12. The number of amides is 1. The van der Waals surface area contributed by atoms with Gasteiger partial charge in [-0.25, -0.2) is 4.79 Å². The molecule has 4 N–H and O–H groups in total. The summed E-state index contributed by atoms with van der Waals surface area (Å²) in [5.74, 6) is -0.827. The van der Waals surface area contributed by atoms with Crippen LogP contribution in [0.25, 0.3) is 0 Å². The molecule has 0 spiro atoms. The zero-order valence-corrected chi connectivity index (χ0v) is 23.7. The Morgan fingerprint density at radius 2 is 1.69 bits per heavy atom. The van der Waals surface area contributed by atoms with Crippen LogP contribution >= 0.6 is 0 Å². The zero-order chi connectivity index (χ0) is 28.8. The minimum absolute atomic E-state index is 0.246. The molecule has 0 bridgehead atoms. The predicted molar refractivity (Wildman–Crippen MR) is 154 cm³/mol. The molecule has 0 fully saturated rings. The highest BCUT2D eigenvalue weighted by molar-refractivity contribution is 5.74. The van der Waals surface area contributed by atoms with Crippen LogP contribution in [0.5, 0.6) is 0 Å². The molecule has 1 atom stereocenters. The van der Waals surface area contributed by atoms with E-state index in [2.05, 4.69) is 28.2 Å². The number of hydrogen-bond acceptors (Lipinski definition) is 5. The maximum absolute atomic E-state index is 11.1. The van der Waals surface area contributed by atoms with E-state index in [0.29, 0.717) is 12.1 Å². The van der Waals surface area contributed by atoms with Crippen LogP contribution in [-0.4, -0.2) is 55.1 Å². The van der Waals surface area contributed by atoms with Gasteiger partial charge in [-0.05, 0) is 46.3 Å². The predicted octanol–water partition coefficient (Wildman–Crippen LogP) is 6.02. The Kier molecular flexibility index (Phi) is 35.0. The Morgan fingerprint density at radius 3 is 2.06 bits per heavy atom. The van der Waals surface area contributed by atoms with Gasteiger partial charge in [0.15, 0.2) is 0 Å². The lowest BCUT2D eigenvalue weighted by atomic mass is 10.1. The van der Waals surface area contributed by atoms with Gasteiger partial charge in [-0.3, -0.25) is 14.7 Å². The van der Waals surface area contributed by atoms with Gasteiger partial charge in [0, 0.05) is 19.2 Å². The molecule has 8 nitrogen and oxygen atoms in total. The molecule has 1 amide bonds. The summed E-state index contributed by atoms with van der Waals surface area (Å²) in [5, 5.41) is 11.9. The molecule has 0 saturated heterocycles. The van der Waals surface area contributed by atoms with Gasteiger partial charge in [-0.15, -0.1) is 6.58 Å². The number of carbonyl (C=O) groups excluding carboxylic acids is 1. The number of allylic oxidation sites excluding steroid dienone is 3. The summed E-state index contributed by atoms with van der Waals surface area (Å²) >= 11 is 0. The zero-order valence-electron chi connectivity index (χ0n) is 23.7. The molecule has 0 radical (unpaired) electrons. The van der Waals surface area contributed by atoms with Crippen LogP contribution in [0.15, 0.2) is 72.4 Å². The molecule has 0 aliphatic heterocycles. The van der Waals surface area contributed by atoms with E-state index in [0.717, 1.165) is 18.5 Å². The first-order valence-corrected chi connectivity index (χ1v) is 12.0. The summed E-state index contributed by atoms with van der Waals surface area (Å²) in [6, 6.07) is 8.84. The number of nitrogens with two attached hydrogens (primary N) is 1. The molecule has 206 valence electrons. The average molecular weight is 507 g/mol. The Bertz CT molecular complexity index is 716. The van der Waals surface area contributed by atoms with Crippen LogP contribution in [0.1, 0.15) is 59.9 Å². The maximum atomic E-state index is 11.1. The third-order valence-electron chi connectivity index (χ3n) is 3.79. The summed E-state index contributed by atoms with van der Waals surface area (Å²) in [6.45, 7) is 20.0. The normalized spacial score (nSPS) is 10.1. The second-order valence-corrected chi connectivity index (χ2v) is 6.84. The highest BCUT2D eigenvalue weighted by atomic mass is 16.5. The second-order valence-electron chi connectivity index (χ2n) is 6.84. The van der Waals surface area contributed by atoms with Crippen molar-refractivity contribution in [3.8, 4) is 0 Å². The van der Waals surface area contributed by atoms with Crippen molar-refractivity contribution in [1.82, 2.24) is 10.2 Å². The van der Waals surface area contributed by atoms with E-state index in [1.54, 1.807) is 13.1 Å². The monoisotopic (exact) mass is 506 g/mol. The largest absolute Gasteiger partial charge is 0.480 e. The fourth-order valence-corrected chi connectivity index (χ4v) is 2.12. The van der Waals surface area contributed by atoms with Crippen molar-refractivity contribution in [3.05, 3.63) is 73.0 Å². The van der Waals surface area contributed by atoms with E-state index < -0.39 is 18.1 Å². The van der Waals surface area contributed by atoms with E-state index in [4.69, 9.17) is 10.8 Å². The molecular weight excluding hydrogens is 456 g/mol. The summed E-state index contributed by atoms with van der Waals surface area (Å²) in [5.41, 5.74) is 6.37. The number of aliphatic carboxylic acids is 1. The van der Waals surface area contributed by atoms with Gasteiger partial charge >= 0.3 is 12.1 Å². The highest BCUT2D eigenvalue weighted by Crippen LogP contribution is 2.08. The summed E-state index contributed by atoms with van der Waals surface area (Å²) in [6.07, 6.45) is 7.81. The number of likely N-dealkylation sites (N-methyl/N-ethyl adjacent to an activating group) is 1. The number of benzene rings is 1. The Morgan fingerprint density at radius 1 is 1.19 bits per heavy atom. The summed E-state index contributed by atoms with van der Waals surface area (Å²) in [7, 11) is 3.45. The SMILES string of the molecule is C/C=C/C.C=C(C[C@@H](C(=O)O)N(C)CCC)NC=NC.C=CC.CC.NC(=O)OCc1ccccc1. The standard InChI is InChI=1S/C11H21N3O2.C8H9NO2.C4H8.C3H6.C2H6/c1-5-6-14(4)10(11(15)16)7-9(2)13-8-12-3;9-8(10)11-6-7-4-2-1-3-5-7;1-3-4-2;1-3-2;1-2/h8,10H,2,5-7H2,1,3-4H3,(H,12,13)(H,15,16);1-5H,6H2,(H2,9,10);3-4H,1-2H3;3H,1H2,2H3;1-2H3/b;;4-3+;;/t10-;;;;/m0..../s1. The molecule has 0 saturated carbocycles. The third kappa shape index (κ3) is 30.6. The van der Waals surface area contributed by atoms with Crippen LogP contribution in [0.2, 0.25) is 0 Å². The average Bonchev–Trinajstić information content (AvgIpc) is 2.87. The number of rotatable bonds is 10. The summed E-state index contributed by atoms with van der Waals surface area (Å²) in [4.78, 5) is 26.8. The number of carboxylic acid groups (broad SMARTS) is 1.